The van der Waals surface area contributed by atoms with E-state index in [9.17, 15) is 0 Å². The monoisotopic (exact) mass is 971 g/mol. The fraction of sp³-hybridized carbons (Fsp3) is 0.559. The lowest BCUT2D eigenvalue weighted by atomic mass is 9.70. The van der Waals surface area contributed by atoms with Crippen LogP contribution in [0.25, 0.3) is 44.4 Å². The van der Waals surface area contributed by atoms with Gasteiger partial charge in [-0.2, -0.15) is 8.75 Å². The summed E-state index contributed by atoms with van der Waals surface area (Å²) in [6.07, 6.45) is 37.9. The van der Waals surface area contributed by atoms with Gasteiger partial charge in [0.1, 0.15) is 11.0 Å². The van der Waals surface area contributed by atoms with Crippen molar-refractivity contribution in [2.45, 2.75) is 246 Å². The molecule has 0 unspecified atom stereocenters. The number of aromatic nitrogens is 2. The molecule has 382 valence electrons. The summed E-state index contributed by atoms with van der Waals surface area (Å²) in [6.45, 7) is 18.2. The number of fused-ring (bicyclic) bond motifs is 7. The second kappa shape index (κ2) is 27.3. The topological polar surface area (TPSA) is 25.8 Å². The molecule has 0 saturated heterocycles. The third-order valence-corrected chi connectivity index (χ3v) is 17.5. The van der Waals surface area contributed by atoms with E-state index in [1.54, 1.807) is 22.3 Å². The van der Waals surface area contributed by atoms with Crippen LogP contribution >= 0.6 is 11.7 Å². The third kappa shape index (κ3) is 13.2. The van der Waals surface area contributed by atoms with E-state index in [0.717, 1.165) is 11.0 Å². The molecule has 3 heteroatoms. The smallest absolute Gasteiger partial charge is 0.112 e. The highest BCUT2D eigenvalue weighted by Gasteiger charge is 2.44. The molecule has 0 aliphatic heterocycles. The van der Waals surface area contributed by atoms with E-state index < -0.39 is 0 Å². The molecule has 6 aromatic rings. The van der Waals surface area contributed by atoms with Gasteiger partial charge in [-0.1, -0.05) is 277 Å². The average molecular weight is 972 g/mol. The lowest BCUT2D eigenvalue weighted by molar-refractivity contribution is 0.397. The van der Waals surface area contributed by atoms with Crippen molar-refractivity contribution in [1.82, 2.24) is 8.75 Å². The fourth-order valence-corrected chi connectivity index (χ4v) is 13.5. The molecular formula is C68H94N2S. The number of hydrogen-bond donors (Lipinski definition) is 0. The Balaban J connectivity index is 0.000000216. The molecule has 5 aromatic carbocycles. The molecule has 0 spiro atoms. The number of nitrogens with zero attached hydrogens (tertiary/aromatic N) is 2. The summed E-state index contributed by atoms with van der Waals surface area (Å²) in [6, 6.07) is 33.5. The van der Waals surface area contributed by atoms with Gasteiger partial charge in [-0.25, -0.2) is 0 Å². The van der Waals surface area contributed by atoms with Crippen molar-refractivity contribution in [1.29, 1.82) is 0 Å². The highest BCUT2D eigenvalue weighted by molar-refractivity contribution is 7.00. The van der Waals surface area contributed by atoms with Crippen molar-refractivity contribution < 1.29 is 0 Å². The number of rotatable bonds is 29. The maximum absolute atomic E-state index is 4.74. The molecule has 0 saturated carbocycles. The van der Waals surface area contributed by atoms with E-state index in [1.165, 1.54) is 247 Å². The first kappa shape index (κ1) is 54.7. The quantitative estimate of drug-likeness (QED) is 0.0438. The molecule has 0 bridgehead atoms. The molecule has 0 atom stereocenters. The molecule has 0 radical (unpaired) electrons. The van der Waals surface area contributed by atoms with Crippen LogP contribution in [0.15, 0.2) is 84.9 Å². The van der Waals surface area contributed by atoms with Crippen LogP contribution in [-0.2, 0) is 10.8 Å². The summed E-state index contributed by atoms with van der Waals surface area (Å²) in [5.41, 5.74) is 22.7. The molecule has 1 aromatic heterocycles. The van der Waals surface area contributed by atoms with Crippen LogP contribution in [0, 0.1) is 27.7 Å². The van der Waals surface area contributed by atoms with Gasteiger partial charge in [-0.15, -0.1) is 0 Å². The largest absolute Gasteiger partial charge is 0.173 e. The first-order chi connectivity index (χ1) is 34.7. The van der Waals surface area contributed by atoms with Crippen LogP contribution in [0.2, 0.25) is 0 Å². The Hall–Kier alpha value is -4.08. The van der Waals surface area contributed by atoms with Crippen LogP contribution in [-0.4, -0.2) is 8.75 Å². The van der Waals surface area contributed by atoms with Crippen molar-refractivity contribution in [2.24, 2.45) is 0 Å². The maximum atomic E-state index is 4.74. The standard InChI is InChI=1S/C37H48N2S.C31H46/c1-5-7-9-11-13-15-23-37(24-16-14-12-10-8-6-2)33-25-27(3)17-20-31(33)32-22-19-29(26-34(32)37)30-21-18-28(4)35-36(30)39-40-38-35;1-5-7-9-11-13-15-21-31(22-16-14-12-10-8-6-2)29-23-25(3)17-19-27(29)28-20-18-26(4)24-30(28)31/h17-22,25-26H,5-16,23-24H2,1-4H3;17-20,23-24H,5-16,21-22H2,1-4H3. The SMILES string of the molecule is CCCCCCCCC1(CCCCCCCC)c2cc(C)ccc2-c2ccc(-c3ccc(C)c4nsnc34)cc21.CCCCCCCCC1(CCCCCCCC)c2cc(C)ccc2-c2ccc(C)cc21. The molecule has 2 aliphatic rings. The van der Waals surface area contributed by atoms with Gasteiger partial charge in [0, 0.05) is 16.4 Å². The third-order valence-electron chi connectivity index (χ3n) is 16.9. The highest BCUT2D eigenvalue weighted by atomic mass is 32.1. The zero-order valence-electron chi connectivity index (χ0n) is 46.2. The van der Waals surface area contributed by atoms with Gasteiger partial charge in [-0.3, -0.25) is 0 Å². The molecule has 2 nitrogen and oxygen atoms in total. The first-order valence-corrected chi connectivity index (χ1v) is 30.1. The zero-order chi connectivity index (χ0) is 50.1. The minimum Gasteiger partial charge on any atom is -0.173 e. The molecule has 0 fully saturated rings. The number of unbranched alkanes of at least 4 members (excludes halogenated alkanes) is 20. The van der Waals surface area contributed by atoms with Gasteiger partial charge >= 0.3 is 0 Å². The summed E-state index contributed by atoms with van der Waals surface area (Å²) in [7, 11) is 0. The van der Waals surface area contributed by atoms with Gasteiger partial charge in [0.2, 0.25) is 0 Å². The summed E-state index contributed by atoms with van der Waals surface area (Å²) in [5.74, 6) is 0. The molecule has 0 N–H and O–H groups in total. The molecule has 0 amide bonds. The van der Waals surface area contributed by atoms with Crippen LogP contribution < -0.4 is 0 Å². The maximum Gasteiger partial charge on any atom is 0.112 e. The van der Waals surface area contributed by atoms with E-state index in [-0.39, 0.29) is 10.8 Å². The van der Waals surface area contributed by atoms with E-state index >= 15 is 0 Å². The van der Waals surface area contributed by atoms with E-state index in [4.69, 9.17) is 4.37 Å². The normalized spacial score (nSPS) is 13.7. The molecular weight excluding hydrogens is 877 g/mol. The zero-order valence-corrected chi connectivity index (χ0v) is 47.0. The van der Waals surface area contributed by atoms with Gasteiger partial charge in [0.15, 0.2) is 0 Å². The minimum absolute atomic E-state index is 0.104. The molecule has 8 rings (SSSR count). The van der Waals surface area contributed by atoms with Crippen LogP contribution in [0.3, 0.4) is 0 Å². The van der Waals surface area contributed by atoms with Crippen molar-refractivity contribution >= 4 is 22.8 Å². The second-order valence-corrected chi connectivity index (χ2v) is 23.1. The number of benzene rings is 5. The van der Waals surface area contributed by atoms with Gasteiger partial charge in [0.25, 0.3) is 0 Å². The summed E-state index contributed by atoms with van der Waals surface area (Å²) in [4.78, 5) is 0. The van der Waals surface area contributed by atoms with Gasteiger partial charge in [-0.05, 0) is 115 Å². The summed E-state index contributed by atoms with van der Waals surface area (Å²) >= 11 is 1.33. The van der Waals surface area contributed by atoms with Crippen LogP contribution in [0.5, 0.6) is 0 Å². The number of hydrogen-bond acceptors (Lipinski definition) is 3. The Kier molecular flexibility index (Phi) is 21.0. The van der Waals surface area contributed by atoms with Gasteiger partial charge < -0.3 is 0 Å². The van der Waals surface area contributed by atoms with Crippen molar-refractivity contribution in [3.8, 4) is 33.4 Å². The predicted octanol–water partition coefficient (Wildman–Crippen LogP) is 21.8. The minimum atomic E-state index is 0.104. The number of aryl methyl sites for hydroxylation is 4. The van der Waals surface area contributed by atoms with Gasteiger partial charge in [0.05, 0.1) is 11.7 Å². The van der Waals surface area contributed by atoms with Crippen molar-refractivity contribution in [2.75, 3.05) is 0 Å². The molecule has 71 heavy (non-hydrogen) atoms. The molecule has 2 aliphatic carbocycles. The summed E-state index contributed by atoms with van der Waals surface area (Å²) < 4.78 is 9.36. The van der Waals surface area contributed by atoms with Crippen LogP contribution in [0.1, 0.15) is 252 Å². The van der Waals surface area contributed by atoms with E-state index in [1.807, 2.05) is 0 Å². The lowest BCUT2D eigenvalue weighted by Crippen LogP contribution is -2.25. The van der Waals surface area contributed by atoms with Crippen molar-refractivity contribution in [3.05, 3.63) is 129 Å². The first-order valence-electron chi connectivity index (χ1n) is 29.4. The van der Waals surface area contributed by atoms with E-state index in [0.29, 0.717) is 0 Å². The molecule has 1 heterocycles. The fourth-order valence-electron chi connectivity index (χ4n) is 12.9. The lowest BCUT2D eigenvalue weighted by Gasteiger charge is -2.33. The predicted molar refractivity (Wildman–Crippen MR) is 313 cm³/mol. The van der Waals surface area contributed by atoms with Crippen molar-refractivity contribution in [3.63, 3.8) is 0 Å². The Morgan fingerprint density at radius 3 is 1.01 bits per heavy atom. The Bertz CT molecular complexity index is 2490. The average Bonchev–Trinajstić information content (AvgIpc) is 4.05. The summed E-state index contributed by atoms with van der Waals surface area (Å²) in [5, 5.41) is 0. The van der Waals surface area contributed by atoms with E-state index in [2.05, 4.69) is 145 Å². The second-order valence-electron chi connectivity index (χ2n) is 22.5. The Morgan fingerprint density at radius 1 is 0.324 bits per heavy atom. The highest BCUT2D eigenvalue weighted by Crippen LogP contribution is 2.57. The Labute approximate surface area is 438 Å². The Morgan fingerprint density at radius 2 is 0.634 bits per heavy atom. The van der Waals surface area contributed by atoms with Crippen LogP contribution in [0.4, 0.5) is 0 Å².